The predicted octanol–water partition coefficient (Wildman–Crippen LogP) is 1.83. The van der Waals surface area contributed by atoms with Gasteiger partial charge in [0.25, 0.3) is 0 Å². The maximum Gasteiger partial charge on any atom is 0.220 e. The summed E-state index contributed by atoms with van der Waals surface area (Å²) in [6, 6.07) is 4.19. The number of amides is 1. The Labute approximate surface area is 167 Å². The van der Waals surface area contributed by atoms with Crippen LogP contribution in [0.1, 0.15) is 38.2 Å². The van der Waals surface area contributed by atoms with Gasteiger partial charge in [-0.25, -0.2) is 4.99 Å². The minimum Gasteiger partial charge on any atom is -0.493 e. The van der Waals surface area contributed by atoms with Crippen LogP contribution in [0.2, 0.25) is 0 Å². The van der Waals surface area contributed by atoms with Gasteiger partial charge in [-0.2, -0.15) is 0 Å². The standard InChI is InChI=1S/C20H32N4O4/c1-5-21-20(22-10-6-7-18(25)24-15-8-9-15)23-13-14-11-16(26-2)19(28-4)17(12-14)27-3/h11-12,15H,5-10,13H2,1-4H3,(H,24,25)(H2,21,22,23). The molecule has 1 amide bonds. The van der Waals surface area contributed by atoms with Crippen molar-refractivity contribution in [1.29, 1.82) is 0 Å². The van der Waals surface area contributed by atoms with Crippen molar-refractivity contribution in [3.8, 4) is 17.2 Å². The minimum absolute atomic E-state index is 0.128. The quantitative estimate of drug-likeness (QED) is 0.302. The third kappa shape index (κ3) is 6.83. The van der Waals surface area contributed by atoms with E-state index in [-0.39, 0.29) is 5.91 Å². The Kier molecular flexibility index (Phi) is 8.71. The molecule has 0 aliphatic heterocycles. The highest BCUT2D eigenvalue weighted by atomic mass is 16.5. The average Bonchev–Trinajstić information content (AvgIpc) is 3.52. The number of methoxy groups -OCH3 is 3. The number of carbonyl (C=O) groups excluding carboxylic acids is 1. The number of guanidine groups is 1. The second-order valence-electron chi connectivity index (χ2n) is 6.60. The average molecular weight is 393 g/mol. The summed E-state index contributed by atoms with van der Waals surface area (Å²) in [5, 5.41) is 9.48. The van der Waals surface area contributed by atoms with E-state index in [0.29, 0.717) is 48.8 Å². The fourth-order valence-electron chi connectivity index (χ4n) is 2.72. The first-order valence-electron chi connectivity index (χ1n) is 9.71. The van der Waals surface area contributed by atoms with Gasteiger partial charge < -0.3 is 30.2 Å². The molecule has 3 N–H and O–H groups in total. The summed E-state index contributed by atoms with van der Waals surface area (Å²) in [4.78, 5) is 16.3. The molecule has 0 unspecified atom stereocenters. The van der Waals surface area contributed by atoms with Crippen LogP contribution in [0.5, 0.6) is 17.2 Å². The third-order valence-electron chi connectivity index (χ3n) is 4.30. The first kappa shape index (κ1) is 21.7. The molecule has 1 saturated carbocycles. The number of nitrogens with zero attached hydrogens (tertiary/aromatic N) is 1. The molecule has 156 valence electrons. The van der Waals surface area contributed by atoms with Gasteiger partial charge in [0.05, 0.1) is 27.9 Å². The van der Waals surface area contributed by atoms with E-state index in [1.165, 1.54) is 0 Å². The van der Waals surface area contributed by atoms with Gasteiger partial charge in [-0.3, -0.25) is 4.79 Å². The van der Waals surface area contributed by atoms with Crippen LogP contribution in [0.3, 0.4) is 0 Å². The smallest absolute Gasteiger partial charge is 0.220 e. The Balaban J connectivity index is 1.90. The zero-order chi connectivity index (χ0) is 20.4. The molecule has 28 heavy (non-hydrogen) atoms. The fourth-order valence-corrected chi connectivity index (χ4v) is 2.72. The molecule has 1 aliphatic rings. The summed E-state index contributed by atoms with van der Waals surface area (Å²) in [7, 11) is 4.76. The molecular formula is C20H32N4O4. The molecule has 2 rings (SSSR count). The first-order chi connectivity index (χ1) is 13.6. The van der Waals surface area contributed by atoms with Gasteiger partial charge in [0.2, 0.25) is 11.7 Å². The molecule has 1 fully saturated rings. The molecule has 1 aromatic carbocycles. The lowest BCUT2D eigenvalue weighted by molar-refractivity contribution is -0.121. The number of benzene rings is 1. The monoisotopic (exact) mass is 392 g/mol. The zero-order valence-electron chi connectivity index (χ0n) is 17.3. The van der Waals surface area contributed by atoms with Crippen molar-refractivity contribution in [2.75, 3.05) is 34.4 Å². The van der Waals surface area contributed by atoms with E-state index in [1.807, 2.05) is 19.1 Å². The molecular weight excluding hydrogens is 360 g/mol. The Morgan fingerprint density at radius 2 is 1.79 bits per heavy atom. The van der Waals surface area contributed by atoms with Gasteiger partial charge >= 0.3 is 0 Å². The van der Waals surface area contributed by atoms with Crippen molar-refractivity contribution in [1.82, 2.24) is 16.0 Å². The van der Waals surface area contributed by atoms with E-state index >= 15 is 0 Å². The summed E-state index contributed by atoms with van der Waals surface area (Å²) < 4.78 is 16.1. The highest BCUT2D eigenvalue weighted by Gasteiger charge is 2.22. The van der Waals surface area contributed by atoms with Crippen molar-refractivity contribution < 1.29 is 19.0 Å². The third-order valence-corrected chi connectivity index (χ3v) is 4.30. The van der Waals surface area contributed by atoms with Gasteiger partial charge in [-0.1, -0.05) is 0 Å². The van der Waals surface area contributed by atoms with Gasteiger partial charge in [-0.15, -0.1) is 0 Å². The normalized spacial score (nSPS) is 13.6. The molecule has 1 aromatic rings. The van der Waals surface area contributed by atoms with Gasteiger partial charge in [0, 0.05) is 25.6 Å². The summed E-state index contributed by atoms with van der Waals surface area (Å²) in [6.45, 7) is 3.90. The minimum atomic E-state index is 0.128. The molecule has 8 heteroatoms. The topological polar surface area (TPSA) is 93.2 Å². The van der Waals surface area contributed by atoms with E-state index in [0.717, 1.165) is 31.4 Å². The lowest BCUT2D eigenvalue weighted by Crippen LogP contribution is -2.38. The van der Waals surface area contributed by atoms with Crippen LogP contribution < -0.4 is 30.2 Å². The number of carbonyl (C=O) groups is 1. The van der Waals surface area contributed by atoms with Crippen molar-refractivity contribution in [3.05, 3.63) is 17.7 Å². The van der Waals surface area contributed by atoms with Gasteiger partial charge in [0.1, 0.15) is 0 Å². The van der Waals surface area contributed by atoms with Crippen LogP contribution in [0.25, 0.3) is 0 Å². The van der Waals surface area contributed by atoms with E-state index in [2.05, 4.69) is 20.9 Å². The van der Waals surface area contributed by atoms with Crippen LogP contribution in [0.4, 0.5) is 0 Å². The van der Waals surface area contributed by atoms with E-state index in [4.69, 9.17) is 14.2 Å². The second kappa shape index (κ2) is 11.3. The molecule has 0 atom stereocenters. The Hall–Kier alpha value is -2.64. The molecule has 0 heterocycles. The van der Waals surface area contributed by atoms with Crippen molar-refractivity contribution in [3.63, 3.8) is 0 Å². The summed E-state index contributed by atoms with van der Waals surface area (Å²) in [5.41, 5.74) is 0.940. The van der Waals surface area contributed by atoms with E-state index in [9.17, 15) is 4.79 Å². The van der Waals surface area contributed by atoms with Crippen LogP contribution >= 0.6 is 0 Å². The van der Waals surface area contributed by atoms with Crippen LogP contribution in [-0.4, -0.2) is 52.3 Å². The Morgan fingerprint density at radius 1 is 1.11 bits per heavy atom. The molecule has 0 bridgehead atoms. The van der Waals surface area contributed by atoms with Crippen LogP contribution in [0, 0.1) is 0 Å². The highest BCUT2D eigenvalue weighted by molar-refractivity contribution is 5.80. The summed E-state index contributed by atoms with van der Waals surface area (Å²) in [5.74, 6) is 2.60. The van der Waals surface area contributed by atoms with Crippen LogP contribution in [-0.2, 0) is 11.3 Å². The van der Waals surface area contributed by atoms with Gasteiger partial charge in [-0.05, 0) is 43.9 Å². The molecule has 0 radical (unpaired) electrons. The zero-order valence-corrected chi connectivity index (χ0v) is 17.3. The lowest BCUT2D eigenvalue weighted by atomic mass is 10.2. The summed E-state index contributed by atoms with van der Waals surface area (Å²) in [6.07, 6.45) is 3.51. The largest absolute Gasteiger partial charge is 0.493 e. The Morgan fingerprint density at radius 3 is 2.32 bits per heavy atom. The number of hydrogen-bond acceptors (Lipinski definition) is 5. The van der Waals surface area contributed by atoms with E-state index < -0.39 is 0 Å². The van der Waals surface area contributed by atoms with Gasteiger partial charge in [0.15, 0.2) is 17.5 Å². The number of nitrogens with one attached hydrogen (secondary N) is 3. The fraction of sp³-hybridized carbons (Fsp3) is 0.600. The summed E-state index contributed by atoms with van der Waals surface area (Å²) >= 11 is 0. The number of hydrogen-bond donors (Lipinski definition) is 3. The van der Waals surface area contributed by atoms with Crippen LogP contribution in [0.15, 0.2) is 17.1 Å². The number of rotatable bonds is 11. The Bertz CT molecular complexity index is 649. The van der Waals surface area contributed by atoms with Crippen molar-refractivity contribution >= 4 is 11.9 Å². The second-order valence-corrected chi connectivity index (χ2v) is 6.60. The highest BCUT2D eigenvalue weighted by Crippen LogP contribution is 2.38. The first-order valence-corrected chi connectivity index (χ1v) is 9.71. The molecule has 0 aromatic heterocycles. The van der Waals surface area contributed by atoms with Crippen molar-refractivity contribution in [2.45, 2.75) is 45.2 Å². The SMILES string of the molecule is CCNC(=NCc1cc(OC)c(OC)c(OC)c1)NCCCC(=O)NC1CC1. The lowest BCUT2D eigenvalue weighted by Gasteiger charge is -2.14. The molecule has 1 aliphatic carbocycles. The maximum atomic E-state index is 11.7. The number of ether oxygens (including phenoxy) is 3. The maximum absolute atomic E-state index is 11.7. The molecule has 0 saturated heterocycles. The van der Waals surface area contributed by atoms with E-state index in [1.54, 1.807) is 21.3 Å². The molecule has 0 spiro atoms. The predicted molar refractivity (Wildman–Crippen MR) is 109 cm³/mol. The number of aliphatic imine (C=N–C) groups is 1. The van der Waals surface area contributed by atoms with Crippen molar-refractivity contribution in [2.24, 2.45) is 4.99 Å². The molecule has 8 nitrogen and oxygen atoms in total.